The fraction of sp³-hybridized carbons (Fsp3) is 0.389. The molecule has 1 aliphatic rings. The van der Waals surface area contributed by atoms with Crippen molar-refractivity contribution in [2.75, 3.05) is 11.4 Å². The Kier molecular flexibility index (Phi) is 3.52. The van der Waals surface area contributed by atoms with E-state index >= 15 is 0 Å². The summed E-state index contributed by atoms with van der Waals surface area (Å²) in [7, 11) is 3.17. The number of benzene rings is 1. The maximum atomic E-state index is 12.6. The molecule has 0 aliphatic carbocycles. The molecule has 7 heteroatoms. The normalized spacial score (nSPS) is 14.1. The third kappa shape index (κ3) is 2.38. The molecule has 3 aromatic rings. The second-order valence-electron chi connectivity index (χ2n) is 6.71. The number of fused-ring (bicyclic) bond motifs is 3. The molecule has 4 rings (SSSR count). The van der Waals surface area contributed by atoms with Gasteiger partial charge in [-0.15, -0.1) is 0 Å². The topological polar surface area (TPSA) is 65.1 Å². The van der Waals surface area contributed by atoms with Gasteiger partial charge in [0, 0.05) is 33.7 Å². The van der Waals surface area contributed by atoms with Crippen molar-refractivity contribution in [1.82, 2.24) is 18.7 Å². The Balaban J connectivity index is 1.88. The quantitative estimate of drug-likeness (QED) is 0.703. The van der Waals surface area contributed by atoms with Crippen LogP contribution in [-0.2, 0) is 27.2 Å². The SMILES string of the molecule is Cc1cccc(CN2CCCn3c2nc2c3c(=O)n(C)c(=O)n2C)c1. The van der Waals surface area contributed by atoms with Crippen molar-refractivity contribution in [3.05, 3.63) is 56.2 Å². The van der Waals surface area contributed by atoms with Gasteiger partial charge < -0.3 is 9.47 Å². The van der Waals surface area contributed by atoms with Gasteiger partial charge >= 0.3 is 5.69 Å². The van der Waals surface area contributed by atoms with E-state index in [2.05, 4.69) is 41.1 Å². The first kappa shape index (κ1) is 15.7. The number of imidazole rings is 1. The Morgan fingerprint density at radius 1 is 1.12 bits per heavy atom. The van der Waals surface area contributed by atoms with Crippen LogP contribution in [0.5, 0.6) is 0 Å². The van der Waals surface area contributed by atoms with Gasteiger partial charge in [0.25, 0.3) is 5.56 Å². The highest BCUT2D eigenvalue weighted by molar-refractivity contribution is 5.74. The fourth-order valence-electron chi connectivity index (χ4n) is 3.59. The average molecular weight is 339 g/mol. The molecular weight excluding hydrogens is 318 g/mol. The van der Waals surface area contributed by atoms with Crippen LogP contribution in [0.25, 0.3) is 11.2 Å². The lowest BCUT2D eigenvalue weighted by atomic mass is 10.1. The van der Waals surface area contributed by atoms with E-state index in [9.17, 15) is 9.59 Å². The molecule has 0 radical (unpaired) electrons. The predicted octanol–water partition coefficient (Wildman–Crippen LogP) is 1.15. The first-order valence-corrected chi connectivity index (χ1v) is 8.44. The molecule has 0 saturated carbocycles. The molecule has 0 atom stereocenters. The zero-order chi connectivity index (χ0) is 17.7. The van der Waals surface area contributed by atoms with Crippen LogP contribution in [0.15, 0.2) is 33.9 Å². The summed E-state index contributed by atoms with van der Waals surface area (Å²) in [5.74, 6) is 0.765. The summed E-state index contributed by atoms with van der Waals surface area (Å²) in [6.45, 7) is 4.43. The van der Waals surface area contributed by atoms with Gasteiger partial charge in [0.15, 0.2) is 11.2 Å². The van der Waals surface area contributed by atoms with Gasteiger partial charge in [-0.3, -0.25) is 13.9 Å². The summed E-state index contributed by atoms with van der Waals surface area (Å²) >= 11 is 0. The monoisotopic (exact) mass is 339 g/mol. The van der Waals surface area contributed by atoms with Crippen LogP contribution >= 0.6 is 0 Å². The van der Waals surface area contributed by atoms with Gasteiger partial charge in [-0.25, -0.2) is 4.79 Å². The van der Waals surface area contributed by atoms with Crippen LogP contribution in [0.4, 0.5) is 5.95 Å². The van der Waals surface area contributed by atoms with E-state index in [4.69, 9.17) is 0 Å². The maximum absolute atomic E-state index is 12.6. The first-order valence-electron chi connectivity index (χ1n) is 8.44. The van der Waals surface area contributed by atoms with Crippen molar-refractivity contribution in [1.29, 1.82) is 0 Å². The van der Waals surface area contributed by atoms with E-state index in [0.29, 0.717) is 11.2 Å². The Labute approximate surface area is 144 Å². The molecular formula is C18H21N5O2. The molecule has 0 fully saturated rings. The molecule has 130 valence electrons. The summed E-state index contributed by atoms with van der Waals surface area (Å²) in [6.07, 6.45) is 0.941. The van der Waals surface area contributed by atoms with E-state index in [0.717, 1.165) is 36.6 Å². The molecule has 0 saturated heterocycles. The van der Waals surface area contributed by atoms with E-state index in [1.165, 1.54) is 22.7 Å². The van der Waals surface area contributed by atoms with E-state index in [-0.39, 0.29) is 11.2 Å². The summed E-state index contributed by atoms with van der Waals surface area (Å²) in [5.41, 5.74) is 2.77. The number of hydrogen-bond donors (Lipinski definition) is 0. The molecule has 7 nitrogen and oxygen atoms in total. The number of hydrogen-bond acceptors (Lipinski definition) is 4. The fourth-order valence-corrected chi connectivity index (χ4v) is 3.59. The van der Waals surface area contributed by atoms with Crippen LogP contribution in [0.2, 0.25) is 0 Å². The van der Waals surface area contributed by atoms with Crippen molar-refractivity contribution in [2.24, 2.45) is 14.1 Å². The number of rotatable bonds is 2. The van der Waals surface area contributed by atoms with Crippen LogP contribution in [0.1, 0.15) is 17.5 Å². The summed E-state index contributed by atoms with van der Waals surface area (Å²) in [4.78, 5) is 31.6. The molecule has 0 bridgehead atoms. The van der Waals surface area contributed by atoms with Gasteiger partial charge in [0.1, 0.15) is 0 Å². The molecule has 0 unspecified atom stereocenters. The number of aromatic nitrogens is 4. The van der Waals surface area contributed by atoms with E-state index < -0.39 is 0 Å². The summed E-state index contributed by atoms with van der Waals surface area (Å²) in [6, 6.07) is 8.39. The standard InChI is InChI=1S/C18H21N5O2/c1-12-6-4-7-13(10-12)11-22-8-5-9-23-14-15(19-17(22)23)20(2)18(25)21(3)16(14)24/h4,6-7,10H,5,8-9,11H2,1-3H3. The van der Waals surface area contributed by atoms with Crippen molar-refractivity contribution in [2.45, 2.75) is 26.4 Å². The summed E-state index contributed by atoms with van der Waals surface area (Å²) in [5, 5.41) is 0. The van der Waals surface area contributed by atoms with E-state index in [1.54, 1.807) is 7.05 Å². The molecule has 0 spiro atoms. The molecule has 1 aliphatic heterocycles. The number of nitrogens with zero attached hydrogens (tertiary/aromatic N) is 5. The number of aryl methyl sites for hydroxylation is 3. The van der Waals surface area contributed by atoms with Gasteiger partial charge in [-0.2, -0.15) is 4.98 Å². The highest BCUT2D eigenvalue weighted by Gasteiger charge is 2.25. The molecule has 1 aromatic carbocycles. The minimum Gasteiger partial charge on any atom is -0.338 e. The van der Waals surface area contributed by atoms with Crippen LogP contribution in [0.3, 0.4) is 0 Å². The minimum atomic E-state index is -0.349. The first-order chi connectivity index (χ1) is 12.0. The molecule has 0 N–H and O–H groups in total. The Hall–Kier alpha value is -2.83. The highest BCUT2D eigenvalue weighted by atomic mass is 16.2. The van der Waals surface area contributed by atoms with Gasteiger partial charge in [-0.05, 0) is 18.9 Å². The number of anilines is 1. The third-order valence-corrected chi connectivity index (χ3v) is 4.88. The van der Waals surface area contributed by atoms with Crippen LogP contribution in [0, 0.1) is 6.92 Å². The Morgan fingerprint density at radius 3 is 2.68 bits per heavy atom. The van der Waals surface area contributed by atoms with E-state index in [1.807, 2.05) is 4.57 Å². The highest BCUT2D eigenvalue weighted by Crippen LogP contribution is 2.25. The van der Waals surface area contributed by atoms with Crippen LogP contribution in [-0.4, -0.2) is 25.2 Å². The van der Waals surface area contributed by atoms with Crippen molar-refractivity contribution < 1.29 is 0 Å². The lowest BCUT2D eigenvalue weighted by Crippen LogP contribution is -2.38. The predicted molar refractivity (Wildman–Crippen MR) is 97.1 cm³/mol. The molecule has 2 aromatic heterocycles. The zero-order valence-electron chi connectivity index (χ0n) is 14.7. The third-order valence-electron chi connectivity index (χ3n) is 4.88. The van der Waals surface area contributed by atoms with Crippen molar-refractivity contribution in [3.8, 4) is 0 Å². The summed E-state index contributed by atoms with van der Waals surface area (Å²) < 4.78 is 4.56. The second-order valence-corrected chi connectivity index (χ2v) is 6.71. The largest absolute Gasteiger partial charge is 0.338 e. The molecule has 0 amide bonds. The lowest BCUT2D eigenvalue weighted by molar-refractivity contribution is 0.562. The maximum Gasteiger partial charge on any atom is 0.332 e. The Bertz CT molecular complexity index is 1090. The smallest absolute Gasteiger partial charge is 0.332 e. The minimum absolute atomic E-state index is 0.283. The van der Waals surface area contributed by atoms with Crippen LogP contribution < -0.4 is 16.1 Å². The van der Waals surface area contributed by atoms with Gasteiger partial charge in [-0.1, -0.05) is 29.8 Å². The van der Waals surface area contributed by atoms with Gasteiger partial charge in [0.2, 0.25) is 5.95 Å². The van der Waals surface area contributed by atoms with Crippen molar-refractivity contribution in [3.63, 3.8) is 0 Å². The second kappa shape index (κ2) is 5.61. The zero-order valence-corrected chi connectivity index (χ0v) is 14.7. The Morgan fingerprint density at radius 2 is 1.92 bits per heavy atom. The lowest BCUT2D eigenvalue weighted by Gasteiger charge is -2.29. The van der Waals surface area contributed by atoms with Gasteiger partial charge in [0.05, 0.1) is 0 Å². The average Bonchev–Trinajstić information content (AvgIpc) is 2.99. The molecule has 3 heterocycles. The molecule has 25 heavy (non-hydrogen) atoms. The van der Waals surface area contributed by atoms with Crippen molar-refractivity contribution >= 4 is 17.1 Å².